The summed E-state index contributed by atoms with van der Waals surface area (Å²) in [5.41, 5.74) is 1.11. The quantitative estimate of drug-likeness (QED) is 0.557. The number of thiophene rings is 1. The fourth-order valence-corrected chi connectivity index (χ4v) is 5.64. The number of hydrogen-bond donors (Lipinski definition) is 1. The molecule has 0 saturated heterocycles. The summed E-state index contributed by atoms with van der Waals surface area (Å²) in [5.74, 6) is 1.35. The molecule has 2 heterocycles. The van der Waals surface area contributed by atoms with Gasteiger partial charge in [-0.2, -0.15) is 0 Å². The predicted octanol–water partition coefficient (Wildman–Crippen LogP) is 5.28. The molecule has 5 nitrogen and oxygen atoms in total. The molecule has 4 rings (SSSR count). The molecule has 2 aromatic heterocycles. The van der Waals surface area contributed by atoms with Crippen LogP contribution in [0.25, 0.3) is 21.5 Å². The molecule has 0 spiro atoms. The lowest BCUT2D eigenvalue weighted by Gasteiger charge is -2.22. The van der Waals surface area contributed by atoms with E-state index in [1.54, 1.807) is 11.3 Å². The minimum absolute atomic E-state index is 0.0951. The van der Waals surface area contributed by atoms with Crippen LogP contribution in [0.5, 0.6) is 0 Å². The third-order valence-electron chi connectivity index (χ3n) is 5.21. The zero-order valence-corrected chi connectivity index (χ0v) is 18.0. The maximum Gasteiger partial charge on any atom is 0.230 e. The molecule has 148 valence electrons. The van der Waals surface area contributed by atoms with Crippen LogP contribution in [0.4, 0.5) is 0 Å². The predicted molar refractivity (Wildman–Crippen MR) is 117 cm³/mol. The summed E-state index contributed by atoms with van der Waals surface area (Å²) in [5, 5.41) is 16.2. The van der Waals surface area contributed by atoms with Gasteiger partial charge < -0.3 is 5.32 Å². The van der Waals surface area contributed by atoms with E-state index in [1.807, 2.05) is 0 Å². The Labute approximate surface area is 173 Å². The number of thioether (sulfide) groups is 1. The van der Waals surface area contributed by atoms with Crippen LogP contribution in [-0.2, 0) is 4.79 Å². The number of amides is 1. The third kappa shape index (κ3) is 4.10. The summed E-state index contributed by atoms with van der Waals surface area (Å²) in [6.45, 7) is 4.27. The van der Waals surface area contributed by atoms with Crippen LogP contribution in [0.2, 0.25) is 0 Å². The zero-order valence-electron chi connectivity index (χ0n) is 16.4. The van der Waals surface area contributed by atoms with Crippen molar-refractivity contribution in [3.05, 3.63) is 29.6 Å². The van der Waals surface area contributed by atoms with Crippen LogP contribution in [0, 0.1) is 0 Å². The Bertz CT molecular complexity index is 956. The van der Waals surface area contributed by atoms with Gasteiger partial charge >= 0.3 is 0 Å². The van der Waals surface area contributed by atoms with Gasteiger partial charge in [0.1, 0.15) is 0 Å². The van der Waals surface area contributed by atoms with Crippen molar-refractivity contribution in [2.24, 2.45) is 0 Å². The van der Waals surface area contributed by atoms with Crippen LogP contribution in [0.1, 0.15) is 52.0 Å². The molecule has 0 atom stereocenters. The first-order chi connectivity index (χ1) is 13.6. The lowest BCUT2D eigenvalue weighted by molar-refractivity contribution is -0.119. The largest absolute Gasteiger partial charge is 0.353 e. The highest BCUT2D eigenvalue weighted by Crippen LogP contribution is 2.35. The van der Waals surface area contributed by atoms with Crippen LogP contribution in [-0.4, -0.2) is 32.5 Å². The van der Waals surface area contributed by atoms with E-state index in [4.69, 9.17) is 0 Å². The van der Waals surface area contributed by atoms with Crippen LogP contribution < -0.4 is 5.32 Å². The minimum Gasteiger partial charge on any atom is -0.353 e. The molecular weight excluding hydrogens is 388 g/mol. The number of benzene rings is 1. The third-order valence-corrected chi connectivity index (χ3v) is 7.11. The molecule has 28 heavy (non-hydrogen) atoms. The molecule has 1 amide bonds. The molecule has 3 aromatic rings. The smallest absolute Gasteiger partial charge is 0.230 e. The van der Waals surface area contributed by atoms with E-state index in [1.165, 1.54) is 41.1 Å². The molecule has 0 aliphatic heterocycles. The molecule has 1 aromatic carbocycles. The van der Waals surface area contributed by atoms with Gasteiger partial charge in [0, 0.05) is 33.1 Å². The van der Waals surface area contributed by atoms with Crippen molar-refractivity contribution in [1.82, 2.24) is 20.1 Å². The molecule has 0 unspecified atom stereocenters. The first-order valence-corrected chi connectivity index (χ1v) is 11.8. The van der Waals surface area contributed by atoms with Crippen LogP contribution in [0.3, 0.4) is 0 Å². The van der Waals surface area contributed by atoms with Crippen LogP contribution in [0.15, 0.2) is 34.8 Å². The molecule has 1 fully saturated rings. The van der Waals surface area contributed by atoms with Gasteiger partial charge in [0.2, 0.25) is 5.91 Å². The highest BCUT2D eigenvalue weighted by atomic mass is 32.2. The molecule has 1 aliphatic rings. The van der Waals surface area contributed by atoms with Gasteiger partial charge in [-0.15, -0.1) is 21.5 Å². The number of carbonyl (C=O) groups excluding carboxylic acids is 1. The second-order valence-electron chi connectivity index (χ2n) is 7.61. The maximum absolute atomic E-state index is 12.4. The Kier molecular flexibility index (Phi) is 6.01. The highest BCUT2D eigenvalue weighted by molar-refractivity contribution is 7.99. The Balaban J connectivity index is 1.51. The molecular formula is C21H26N4OS2. The lowest BCUT2D eigenvalue weighted by Crippen LogP contribution is -2.37. The number of rotatable bonds is 6. The van der Waals surface area contributed by atoms with Gasteiger partial charge in [0.25, 0.3) is 0 Å². The molecule has 1 N–H and O–H groups in total. The highest BCUT2D eigenvalue weighted by Gasteiger charge is 2.21. The topological polar surface area (TPSA) is 59.8 Å². The monoisotopic (exact) mass is 414 g/mol. The lowest BCUT2D eigenvalue weighted by atomic mass is 9.95. The first-order valence-electron chi connectivity index (χ1n) is 9.97. The number of nitrogens with zero attached hydrogens (tertiary/aromatic N) is 3. The average Bonchev–Trinajstić information content (AvgIpc) is 3.31. The number of aromatic nitrogens is 3. The van der Waals surface area contributed by atoms with Gasteiger partial charge in [-0.1, -0.05) is 49.2 Å². The van der Waals surface area contributed by atoms with E-state index in [-0.39, 0.29) is 11.9 Å². The van der Waals surface area contributed by atoms with Crippen molar-refractivity contribution in [3.63, 3.8) is 0 Å². The zero-order chi connectivity index (χ0) is 19.5. The van der Waals surface area contributed by atoms with Crippen molar-refractivity contribution in [1.29, 1.82) is 0 Å². The number of hydrogen-bond acceptors (Lipinski definition) is 5. The Morgan fingerprint density at radius 1 is 1.25 bits per heavy atom. The Morgan fingerprint density at radius 3 is 2.82 bits per heavy atom. The van der Waals surface area contributed by atoms with Gasteiger partial charge in [0.15, 0.2) is 11.0 Å². The SMILES string of the molecule is CC(C)n1c(SCC(=O)NC2CCCCC2)nnc1-c1csc2ccccc12. The summed E-state index contributed by atoms with van der Waals surface area (Å²) in [7, 11) is 0. The number of fused-ring (bicyclic) bond motifs is 1. The summed E-state index contributed by atoms with van der Waals surface area (Å²) < 4.78 is 3.39. The second-order valence-corrected chi connectivity index (χ2v) is 9.46. The van der Waals surface area contributed by atoms with E-state index >= 15 is 0 Å². The molecule has 0 bridgehead atoms. The van der Waals surface area contributed by atoms with E-state index in [9.17, 15) is 4.79 Å². The van der Waals surface area contributed by atoms with Crippen molar-refractivity contribution in [2.75, 3.05) is 5.75 Å². The van der Waals surface area contributed by atoms with Gasteiger partial charge in [-0.05, 0) is 32.8 Å². The minimum atomic E-state index is 0.0951. The summed E-state index contributed by atoms with van der Waals surface area (Å²) in [4.78, 5) is 12.4. The fourth-order valence-electron chi connectivity index (χ4n) is 3.82. The normalized spacial score (nSPS) is 15.4. The summed E-state index contributed by atoms with van der Waals surface area (Å²) in [6.07, 6.45) is 5.94. The average molecular weight is 415 g/mol. The van der Waals surface area contributed by atoms with Crippen molar-refractivity contribution in [2.45, 2.75) is 63.2 Å². The van der Waals surface area contributed by atoms with Crippen molar-refractivity contribution in [3.8, 4) is 11.4 Å². The molecule has 7 heteroatoms. The number of carbonyl (C=O) groups is 1. The maximum atomic E-state index is 12.4. The fraction of sp³-hybridized carbons (Fsp3) is 0.476. The Morgan fingerprint density at radius 2 is 2.04 bits per heavy atom. The van der Waals surface area contributed by atoms with E-state index < -0.39 is 0 Å². The van der Waals surface area contributed by atoms with E-state index in [2.05, 4.69) is 63.6 Å². The van der Waals surface area contributed by atoms with E-state index in [0.717, 1.165) is 29.4 Å². The standard InChI is InChI=1S/C21H26N4OS2/c1-14(2)25-20(17-12-27-18-11-7-6-10-16(17)18)23-24-21(25)28-13-19(26)22-15-8-4-3-5-9-15/h6-7,10-12,14-15H,3-5,8-9,13H2,1-2H3,(H,22,26). The second kappa shape index (κ2) is 8.66. The molecule has 0 radical (unpaired) electrons. The first kappa shape index (κ1) is 19.5. The summed E-state index contributed by atoms with van der Waals surface area (Å²) >= 11 is 3.20. The van der Waals surface area contributed by atoms with Crippen molar-refractivity contribution >= 4 is 39.1 Å². The number of nitrogens with one attached hydrogen (secondary N) is 1. The molecule has 1 saturated carbocycles. The van der Waals surface area contributed by atoms with Crippen molar-refractivity contribution < 1.29 is 4.79 Å². The summed E-state index contributed by atoms with van der Waals surface area (Å²) in [6, 6.07) is 8.93. The Hall–Kier alpha value is -1.86. The van der Waals surface area contributed by atoms with Crippen LogP contribution >= 0.6 is 23.1 Å². The van der Waals surface area contributed by atoms with E-state index in [0.29, 0.717) is 11.8 Å². The van der Waals surface area contributed by atoms with Gasteiger partial charge in [-0.25, -0.2) is 0 Å². The van der Waals surface area contributed by atoms with Gasteiger partial charge in [0.05, 0.1) is 5.75 Å². The molecule has 1 aliphatic carbocycles. The van der Waals surface area contributed by atoms with Gasteiger partial charge in [-0.3, -0.25) is 9.36 Å².